The van der Waals surface area contributed by atoms with E-state index in [-0.39, 0.29) is 42.7 Å². The van der Waals surface area contributed by atoms with Gasteiger partial charge in [-0.2, -0.15) is 0 Å². The zero-order valence-electron chi connectivity index (χ0n) is 9.03. The van der Waals surface area contributed by atoms with E-state index < -0.39 is 0 Å². The smallest absolute Gasteiger partial charge is 0.872 e. The first-order valence-corrected chi connectivity index (χ1v) is 4.61. The van der Waals surface area contributed by atoms with Crippen molar-refractivity contribution >= 4 is 0 Å². The predicted octanol–water partition coefficient (Wildman–Crippen LogP) is 0.376. The van der Waals surface area contributed by atoms with Crippen LogP contribution in [0.15, 0.2) is 48.5 Å². The van der Waals surface area contributed by atoms with Crippen molar-refractivity contribution in [1.82, 2.24) is 0 Å². The van der Waals surface area contributed by atoms with Gasteiger partial charge in [-0.15, -0.1) is 0 Å². The molecule has 0 amide bonds. The summed E-state index contributed by atoms with van der Waals surface area (Å²) in [6, 6.07) is 15.4. The predicted molar refractivity (Wildman–Crippen MR) is 62.8 cm³/mol. The number of aryl methyl sites for hydroxylation is 1. The Morgan fingerprint density at radius 2 is 1.50 bits per heavy atom. The van der Waals surface area contributed by atoms with Gasteiger partial charge < -0.3 is 5.11 Å². The summed E-state index contributed by atoms with van der Waals surface area (Å²) >= 11 is 0. The Bertz CT molecular complexity index is 438. The fourth-order valence-corrected chi connectivity index (χ4v) is 1.50. The van der Waals surface area contributed by atoms with E-state index in [0.717, 1.165) is 16.7 Å². The summed E-state index contributed by atoms with van der Waals surface area (Å²) in [5.74, 6) is 0.124. The molecule has 0 N–H and O–H groups in total. The third kappa shape index (κ3) is 3.11. The van der Waals surface area contributed by atoms with Crippen molar-refractivity contribution in [3.05, 3.63) is 54.1 Å². The zero-order valence-corrected chi connectivity index (χ0v) is 11.0. The topological polar surface area (TPSA) is 23.1 Å². The second kappa shape index (κ2) is 6.74. The first kappa shape index (κ1) is 15.2. The Balaban J connectivity index is 0.00000112. The third-order valence-corrected chi connectivity index (χ3v) is 2.30. The molecular formula is C14H15NaO. The molecule has 1 nitrogen and oxygen atoms in total. The van der Waals surface area contributed by atoms with Crippen LogP contribution in [0.3, 0.4) is 0 Å². The van der Waals surface area contributed by atoms with Crippen LogP contribution in [0.25, 0.3) is 11.1 Å². The molecule has 16 heavy (non-hydrogen) atoms. The maximum atomic E-state index is 11.8. The quantitative estimate of drug-likeness (QED) is 0.640. The number of para-hydroxylation sites is 1. The monoisotopic (exact) mass is 222 g/mol. The van der Waals surface area contributed by atoms with Gasteiger partial charge in [-0.3, -0.25) is 0 Å². The van der Waals surface area contributed by atoms with Gasteiger partial charge in [-0.25, -0.2) is 0 Å². The molecular weight excluding hydrogens is 207 g/mol. The fraction of sp³-hybridized carbons (Fsp3) is 0.143. The molecule has 0 aliphatic carbocycles. The largest absolute Gasteiger partial charge is 1.00 e. The summed E-state index contributed by atoms with van der Waals surface area (Å²) in [5.41, 5.74) is 2.57. The van der Waals surface area contributed by atoms with Crippen molar-refractivity contribution < 1.29 is 34.7 Å². The van der Waals surface area contributed by atoms with Crippen molar-refractivity contribution in [3.8, 4) is 16.9 Å². The molecule has 2 rings (SSSR count). The molecule has 0 unspecified atom stereocenters. The van der Waals surface area contributed by atoms with Gasteiger partial charge >= 0.3 is 29.6 Å². The minimum Gasteiger partial charge on any atom is -0.872 e. The third-order valence-electron chi connectivity index (χ3n) is 2.30. The minimum atomic E-state index is 0. The van der Waals surface area contributed by atoms with Crippen molar-refractivity contribution in [2.24, 2.45) is 0 Å². The summed E-state index contributed by atoms with van der Waals surface area (Å²) in [6.07, 6.45) is 0. The number of rotatable bonds is 1. The van der Waals surface area contributed by atoms with Crippen molar-refractivity contribution in [3.63, 3.8) is 0 Å². The number of hydrogen-bond acceptors (Lipinski definition) is 1. The number of hydrogen-bond donors (Lipinski definition) is 0. The zero-order chi connectivity index (χ0) is 9.97. The van der Waals surface area contributed by atoms with E-state index in [9.17, 15) is 5.11 Å². The molecule has 0 saturated heterocycles. The van der Waals surface area contributed by atoms with Crippen LogP contribution in [0, 0.1) is 6.92 Å². The average molecular weight is 222 g/mol. The Morgan fingerprint density at radius 3 is 2.12 bits per heavy atom. The molecule has 0 spiro atoms. The first-order chi connectivity index (χ1) is 6.79. The van der Waals surface area contributed by atoms with Crippen LogP contribution in [-0.2, 0) is 0 Å². The molecule has 0 aliphatic rings. The minimum absolute atomic E-state index is 0. The molecule has 2 aromatic carbocycles. The Labute approximate surface area is 119 Å². The SMILES string of the molecule is C.Cc1cccc(-c2ccccc2)c1[O-].[Na+]. The van der Waals surface area contributed by atoms with Crippen LogP contribution in [-0.4, -0.2) is 0 Å². The maximum Gasteiger partial charge on any atom is 1.00 e. The molecule has 78 valence electrons. The van der Waals surface area contributed by atoms with Gasteiger partial charge in [0.05, 0.1) is 0 Å². The Hall–Kier alpha value is -0.760. The van der Waals surface area contributed by atoms with E-state index >= 15 is 0 Å². The second-order valence-electron chi connectivity index (χ2n) is 3.32. The fourth-order valence-electron chi connectivity index (χ4n) is 1.50. The van der Waals surface area contributed by atoms with Gasteiger partial charge in [0.1, 0.15) is 0 Å². The summed E-state index contributed by atoms with van der Waals surface area (Å²) in [4.78, 5) is 0. The first-order valence-electron chi connectivity index (χ1n) is 4.61. The van der Waals surface area contributed by atoms with Gasteiger partial charge in [0, 0.05) is 0 Å². The van der Waals surface area contributed by atoms with Crippen LogP contribution in [0.4, 0.5) is 0 Å². The van der Waals surface area contributed by atoms with E-state index in [1.54, 1.807) is 0 Å². The Kier molecular flexibility index (Phi) is 6.42. The normalized spacial score (nSPS) is 8.81. The van der Waals surface area contributed by atoms with Gasteiger partial charge in [0.2, 0.25) is 0 Å². The van der Waals surface area contributed by atoms with Crippen molar-refractivity contribution in [2.45, 2.75) is 14.4 Å². The van der Waals surface area contributed by atoms with E-state index in [1.807, 2.05) is 55.5 Å². The molecule has 0 bridgehead atoms. The summed E-state index contributed by atoms with van der Waals surface area (Å²) in [6.45, 7) is 1.84. The molecule has 2 aromatic rings. The van der Waals surface area contributed by atoms with E-state index in [2.05, 4.69) is 0 Å². The van der Waals surface area contributed by atoms with E-state index in [4.69, 9.17) is 0 Å². The molecule has 0 aromatic heterocycles. The molecule has 0 fully saturated rings. The van der Waals surface area contributed by atoms with Crippen molar-refractivity contribution in [1.29, 1.82) is 0 Å². The molecule has 0 aliphatic heterocycles. The van der Waals surface area contributed by atoms with Crippen LogP contribution in [0.2, 0.25) is 0 Å². The second-order valence-corrected chi connectivity index (χ2v) is 3.32. The van der Waals surface area contributed by atoms with Crippen LogP contribution in [0.5, 0.6) is 5.75 Å². The average Bonchev–Trinajstić information content (AvgIpc) is 2.23. The summed E-state index contributed by atoms with van der Waals surface area (Å²) in [7, 11) is 0. The standard InChI is InChI=1S/C13H12O.CH4.Na/c1-10-6-5-9-12(13(10)14)11-7-3-2-4-8-11;;/h2-9,14H,1H3;1H4;/q;;+1/p-1. The van der Waals surface area contributed by atoms with E-state index in [0.29, 0.717) is 0 Å². The molecule has 0 radical (unpaired) electrons. The molecule has 0 heterocycles. The molecule has 0 atom stereocenters. The van der Waals surface area contributed by atoms with Gasteiger partial charge in [0.25, 0.3) is 0 Å². The Morgan fingerprint density at radius 1 is 0.875 bits per heavy atom. The number of benzene rings is 2. The molecule has 2 heteroatoms. The van der Waals surface area contributed by atoms with Gasteiger partial charge in [0.15, 0.2) is 0 Å². The van der Waals surface area contributed by atoms with Gasteiger partial charge in [-0.05, 0) is 18.1 Å². The van der Waals surface area contributed by atoms with Gasteiger partial charge in [-0.1, -0.05) is 67.3 Å². The van der Waals surface area contributed by atoms with E-state index in [1.165, 1.54) is 0 Å². The molecule has 0 saturated carbocycles. The van der Waals surface area contributed by atoms with Crippen LogP contribution >= 0.6 is 0 Å². The summed E-state index contributed by atoms with van der Waals surface area (Å²) < 4.78 is 0. The van der Waals surface area contributed by atoms with Crippen LogP contribution < -0.4 is 34.7 Å². The maximum absolute atomic E-state index is 11.8. The van der Waals surface area contributed by atoms with Crippen molar-refractivity contribution in [2.75, 3.05) is 0 Å². The van der Waals surface area contributed by atoms with Crippen LogP contribution in [0.1, 0.15) is 13.0 Å². The summed E-state index contributed by atoms with van der Waals surface area (Å²) in [5, 5.41) is 11.8.